The molecule has 1 fully saturated rings. The van der Waals surface area contributed by atoms with Crippen LogP contribution in [0, 0.1) is 10.8 Å². The Balaban J connectivity index is 2.21. The fourth-order valence-corrected chi connectivity index (χ4v) is 6.54. The topological polar surface area (TPSA) is 215 Å². The molecule has 2 aliphatic rings. The average molecular weight is 671 g/mol. The number of hydrogen-bond donors (Lipinski definition) is 3. The Labute approximate surface area is 258 Å². The SMILES string of the molecule is CC(C)(C)C(=O)SCCOP(=O)(OCCSC(=O)C(C)(C)C)OC[C@@]1(CN=[N+]=[N-])O[C@@H](N2C=CC(N)NC2=O)[C@H](F)[C@@H]1O. The van der Waals surface area contributed by atoms with Crippen molar-refractivity contribution in [2.24, 2.45) is 21.7 Å². The number of carbonyl (C=O) groups is 3. The normalized spacial score (nSPS) is 26.3. The largest absolute Gasteiger partial charge is 0.474 e. The number of ether oxygens (including phenoxy) is 1. The lowest BCUT2D eigenvalue weighted by atomic mass is 9.97. The van der Waals surface area contributed by atoms with E-state index in [9.17, 15) is 24.1 Å². The number of thioether (sulfide) groups is 2. The number of alkyl halides is 1. The summed E-state index contributed by atoms with van der Waals surface area (Å²) < 4.78 is 51.1. The minimum atomic E-state index is -4.49. The van der Waals surface area contributed by atoms with Crippen LogP contribution in [0.15, 0.2) is 17.4 Å². The van der Waals surface area contributed by atoms with Gasteiger partial charge in [-0.25, -0.2) is 13.8 Å². The van der Waals surface area contributed by atoms with Gasteiger partial charge in [0.2, 0.25) is 0 Å². The summed E-state index contributed by atoms with van der Waals surface area (Å²) in [5.74, 6) is 0.195. The number of rotatable bonds is 14. The van der Waals surface area contributed by atoms with E-state index in [2.05, 4.69) is 15.3 Å². The van der Waals surface area contributed by atoms with Crippen LogP contribution in [-0.4, -0.2) is 94.4 Å². The van der Waals surface area contributed by atoms with Crippen LogP contribution < -0.4 is 11.1 Å². The number of halogens is 1. The van der Waals surface area contributed by atoms with Gasteiger partial charge in [-0.05, 0) is 11.6 Å². The molecule has 0 aromatic carbocycles. The van der Waals surface area contributed by atoms with Crippen molar-refractivity contribution in [2.45, 2.75) is 71.8 Å². The maximum Gasteiger partial charge on any atom is 0.474 e. The molecule has 5 atom stereocenters. The first kappa shape index (κ1) is 37.5. The van der Waals surface area contributed by atoms with Crippen LogP contribution in [0.25, 0.3) is 10.4 Å². The molecule has 0 saturated carbocycles. The Hall–Kier alpha value is -1.72. The number of amides is 2. The second-order valence-corrected chi connectivity index (χ2v) is 15.5. The van der Waals surface area contributed by atoms with Crippen LogP contribution in [0.2, 0.25) is 0 Å². The van der Waals surface area contributed by atoms with Gasteiger partial charge in [-0.2, -0.15) is 0 Å². The number of hydrogen-bond acceptors (Lipinski definition) is 13. The molecule has 0 radical (unpaired) electrons. The van der Waals surface area contributed by atoms with E-state index < -0.39 is 68.1 Å². The molecule has 4 N–H and O–H groups in total. The van der Waals surface area contributed by atoms with Gasteiger partial charge in [-0.15, -0.1) is 0 Å². The standard InChI is InChI=1S/C24H40FN6O9PS2/c1-22(2,3)19(33)42-11-9-37-41(36,38-10-12-43-20(34)23(4,5)6)39-14-24(13-28-30-27)17(32)16(25)18(40-24)31-8-7-15(26)29-21(31)35/h7-8,15-18,32H,9-14,26H2,1-6H3,(H,29,35)/t15?,16-,17+,18-,24-/m1/s1. The maximum absolute atomic E-state index is 15.4. The highest BCUT2D eigenvalue weighted by atomic mass is 32.2. The maximum atomic E-state index is 15.4. The van der Waals surface area contributed by atoms with Gasteiger partial charge in [0.05, 0.1) is 32.5 Å². The van der Waals surface area contributed by atoms with Gasteiger partial charge in [0.15, 0.2) is 22.6 Å². The van der Waals surface area contributed by atoms with E-state index in [1.165, 1.54) is 12.3 Å². The van der Waals surface area contributed by atoms with Crippen molar-refractivity contribution in [1.82, 2.24) is 10.2 Å². The van der Waals surface area contributed by atoms with Crippen LogP contribution >= 0.6 is 31.3 Å². The molecule has 2 rings (SSSR count). The highest BCUT2D eigenvalue weighted by Gasteiger charge is 2.58. The summed E-state index contributed by atoms with van der Waals surface area (Å²) in [6.45, 7) is 8.45. The van der Waals surface area contributed by atoms with Gasteiger partial charge in [0.25, 0.3) is 0 Å². The first-order chi connectivity index (χ1) is 19.8. The zero-order chi connectivity index (χ0) is 32.6. The number of aliphatic hydroxyl groups excluding tert-OH is 1. The highest BCUT2D eigenvalue weighted by Crippen LogP contribution is 2.51. The molecule has 2 aliphatic heterocycles. The van der Waals surface area contributed by atoms with Crippen LogP contribution in [0.4, 0.5) is 9.18 Å². The molecule has 2 amide bonds. The van der Waals surface area contributed by atoms with Crippen molar-refractivity contribution in [3.63, 3.8) is 0 Å². The van der Waals surface area contributed by atoms with E-state index >= 15 is 4.39 Å². The quantitative estimate of drug-likeness (QED) is 0.0793. The van der Waals surface area contributed by atoms with Crippen molar-refractivity contribution in [3.8, 4) is 0 Å². The molecule has 19 heteroatoms. The first-order valence-corrected chi connectivity index (χ1v) is 16.7. The number of aliphatic hydroxyl groups is 1. The molecular formula is C24H40FN6O9PS2. The molecule has 0 spiro atoms. The molecule has 0 aliphatic carbocycles. The molecule has 0 aromatic heterocycles. The summed E-state index contributed by atoms with van der Waals surface area (Å²) in [7, 11) is -4.49. The number of carbonyl (C=O) groups excluding carboxylic acids is 3. The van der Waals surface area contributed by atoms with E-state index in [0.717, 1.165) is 28.4 Å². The molecule has 0 aromatic rings. The molecule has 43 heavy (non-hydrogen) atoms. The number of phosphoric acid groups is 1. The van der Waals surface area contributed by atoms with Gasteiger partial charge in [0, 0.05) is 33.4 Å². The van der Waals surface area contributed by atoms with Gasteiger partial charge in [-0.1, -0.05) is 70.2 Å². The van der Waals surface area contributed by atoms with Crippen LogP contribution in [0.5, 0.6) is 0 Å². The van der Waals surface area contributed by atoms with Gasteiger partial charge in [-0.3, -0.25) is 28.1 Å². The lowest BCUT2D eigenvalue weighted by molar-refractivity contribution is -0.125. The smallest absolute Gasteiger partial charge is 0.387 e. The average Bonchev–Trinajstić information content (AvgIpc) is 3.15. The van der Waals surface area contributed by atoms with E-state index in [4.69, 9.17) is 29.6 Å². The minimum Gasteiger partial charge on any atom is -0.387 e. The highest BCUT2D eigenvalue weighted by molar-refractivity contribution is 8.14. The van der Waals surface area contributed by atoms with Crippen molar-refractivity contribution in [1.29, 1.82) is 0 Å². The molecule has 1 unspecified atom stereocenters. The third-order valence-electron chi connectivity index (χ3n) is 5.95. The third kappa shape index (κ3) is 10.7. The Morgan fingerprint density at radius 3 is 2.19 bits per heavy atom. The van der Waals surface area contributed by atoms with E-state index in [0.29, 0.717) is 0 Å². The lowest BCUT2D eigenvalue weighted by Crippen LogP contribution is -2.54. The molecular weight excluding hydrogens is 630 g/mol. The fraction of sp³-hybridized carbons (Fsp3) is 0.792. The lowest BCUT2D eigenvalue weighted by Gasteiger charge is -2.33. The Kier molecular flexibility index (Phi) is 13.5. The second kappa shape index (κ2) is 15.5. The first-order valence-electron chi connectivity index (χ1n) is 13.3. The summed E-state index contributed by atoms with van der Waals surface area (Å²) >= 11 is 1.91. The van der Waals surface area contributed by atoms with E-state index in [-0.39, 0.29) is 35.0 Å². The number of nitrogens with two attached hydrogens (primary N) is 1. The number of azide groups is 1. The fourth-order valence-electron chi connectivity index (χ4n) is 3.50. The van der Waals surface area contributed by atoms with Crippen molar-refractivity contribution in [3.05, 3.63) is 22.7 Å². The Morgan fingerprint density at radius 1 is 1.19 bits per heavy atom. The van der Waals surface area contributed by atoms with Crippen molar-refractivity contribution >= 4 is 47.6 Å². The third-order valence-corrected chi connectivity index (χ3v) is 9.88. The summed E-state index contributed by atoms with van der Waals surface area (Å²) in [6.07, 6.45) is -4.18. The molecule has 244 valence electrons. The summed E-state index contributed by atoms with van der Waals surface area (Å²) in [4.78, 5) is 40.3. The minimum absolute atomic E-state index is 0.0975. The van der Waals surface area contributed by atoms with Gasteiger partial charge in [0.1, 0.15) is 11.7 Å². The number of urea groups is 1. The van der Waals surface area contributed by atoms with E-state index in [1.807, 2.05) is 0 Å². The zero-order valence-electron chi connectivity index (χ0n) is 24.9. The van der Waals surface area contributed by atoms with Crippen molar-refractivity contribution < 1.29 is 46.8 Å². The summed E-state index contributed by atoms with van der Waals surface area (Å²) in [6, 6.07) is -0.808. The van der Waals surface area contributed by atoms with E-state index in [1.54, 1.807) is 41.5 Å². The number of nitrogens with one attached hydrogen (secondary N) is 1. The van der Waals surface area contributed by atoms with Crippen LogP contribution in [-0.2, 0) is 32.5 Å². The monoisotopic (exact) mass is 670 g/mol. The second-order valence-electron chi connectivity index (χ2n) is 11.7. The number of nitrogens with zero attached hydrogens (tertiary/aromatic N) is 4. The molecule has 1 saturated heterocycles. The Bertz CT molecular complexity index is 1110. The summed E-state index contributed by atoms with van der Waals surface area (Å²) in [5.41, 5.74) is 11.2. The zero-order valence-corrected chi connectivity index (χ0v) is 27.5. The number of phosphoric ester groups is 1. The summed E-state index contributed by atoms with van der Waals surface area (Å²) in [5, 5.41) is 16.4. The Morgan fingerprint density at radius 2 is 1.72 bits per heavy atom. The molecule has 2 heterocycles. The van der Waals surface area contributed by atoms with Crippen molar-refractivity contribution in [2.75, 3.05) is 37.9 Å². The predicted octanol–water partition coefficient (Wildman–Crippen LogP) is 3.68. The van der Waals surface area contributed by atoms with Gasteiger partial charge >= 0.3 is 13.9 Å². The molecule has 0 bridgehead atoms. The van der Waals surface area contributed by atoms with Gasteiger partial charge < -0.3 is 20.9 Å². The predicted molar refractivity (Wildman–Crippen MR) is 159 cm³/mol. The van der Waals surface area contributed by atoms with Crippen LogP contribution in [0.3, 0.4) is 0 Å². The van der Waals surface area contributed by atoms with Crippen LogP contribution in [0.1, 0.15) is 41.5 Å². The molecule has 15 nitrogen and oxygen atoms in total.